The molecule has 0 spiro atoms. The molecule has 142 valence electrons. The summed E-state index contributed by atoms with van der Waals surface area (Å²) in [5.41, 5.74) is 2.92. The molecule has 0 bridgehead atoms. The average Bonchev–Trinajstić information content (AvgIpc) is 2.60. The van der Waals surface area contributed by atoms with Gasteiger partial charge in [0, 0.05) is 17.7 Å². The van der Waals surface area contributed by atoms with Gasteiger partial charge >= 0.3 is 0 Å². The number of nitrogens with one attached hydrogen (secondary N) is 1. The van der Waals surface area contributed by atoms with Gasteiger partial charge in [0.2, 0.25) is 0 Å². The van der Waals surface area contributed by atoms with Crippen LogP contribution < -0.4 is 10.1 Å². The summed E-state index contributed by atoms with van der Waals surface area (Å²) in [6, 6.07) is 9.99. The molecule has 1 aliphatic carbocycles. The molecule has 0 saturated carbocycles. The Morgan fingerprint density at radius 3 is 2.63 bits per heavy atom. The first-order chi connectivity index (χ1) is 12.9. The molecule has 0 radical (unpaired) electrons. The minimum absolute atomic E-state index is 0.0946. The first kappa shape index (κ1) is 19.6. The highest BCUT2D eigenvalue weighted by atomic mass is 32.1. The summed E-state index contributed by atoms with van der Waals surface area (Å²) in [5.74, 6) is 0.544. The number of ketones is 1. The lowest BCUT2D eigenvalue weighted by Gasteiger charge is -2.38. The fourth-order valence-electron chi connectivity index (χ4n) is 3.81. The van der Waals surface area contributed by atoms with E-state index in [2.05, 4.69) is 44.8 Å². The van der Waals surface area contributed by atoms with Gasteiger partial charge in [0.15, 0.2) is 5.78 Å². The van der Waals surface area contributed by atoms with Crippen LogP contribution in [0.15, 0.2) is 46.1 Å². The Hall–Kier alpha value is -2.19. The lowest BCUT2D eigenvalue weighted by molar-refractivity contribution is -0.118. The van der Waals surface area contributed by atoms with Crippen molar-refractivity contribution in [2.24, 2.45) is 5.41 Å². The molecular formula is C22H26N2O2S. The summed E-state index contributed by atoms with van der Waals surface area (Å²) in [7, 11) is 0. The van der Waals surface area contributed by atoms with E-state index in [1.807, 2.05) is 24.3 Å². The molecule has 1 aromatic rings. The molecule has 3 rings (SSSR count). The Balaban J connectivity index is 1.97. The van der Waals surface area contributed by atoms with Crippen molar-refractivity contribution in [3.63, 3.8) is 0 Å². The second-order valence-electron chi connectivity index (χ2n) is 8.04. The van der Waals surface area contributed by atoms with Crippen LogP contribution in [0.25, 0.3) is 0 Å². The van der Waals surface area contributed by atoms with Gasteiger partial charge in [-0.3, -0.25) is 4.79 Å². The third-order valence-corrected chi connectivity index (χ3v) is 5.47. The Labute approximate surface area is 166 Å². The van der Waals surface area contributed by atoms with Crippen LogP contribution in [-0.2, 0) is 4.79 Å². The second kappa shape index (κ2) is 7.82. The maximum Gasteiger partial charge on any atom is 0.162 e. The number of hydrogen-bond donors (Lipinski definition) is 2. The third kappa shape index (κ3) is 4.06. The number of unbranched alkanes of at least 4 members (excludes halogenated alkanes) is 1. The van der Waals surface area contributed by atoms with Gasteiger partial charge in [-0.15, -0.1) is 12.6 Å². The summed E-state index contributed by atoms with van der Waals surface area (Å²) in [4.78, 5) is 13.0. The van der Waals surface area contributed by atoms with Crippen molar-refractivity contribution in [1.82, 2.24) is 5.32 Å². The van der Waals surface area contributed by atoms with Crippen LogP contribution in [0.4, 0.5) is 0 Å². The lowest BCUT2D eigenvalue weighted by Crippen LogP contribution is -2.36. The number of benzene rings is 1. The highest BCUT2D eigenvalue weighted by molar-refractivity contribution is 7.84. The number of hydrogen-bond acceptors (Lipinski definition) is 5. The van der Waals surface area contributed by atoms with E-state index < -0.39 is 0 Å². The quantitative estimate of drug-likeness (QED) is 0.564. The summed E-state index contributed by atoms with van der Waals surface area (Å²) < 4.78 is 5.73. The first-order valence-electron chi connectivity index (χ1n) is 9.45. The van der Waals surface area contributed by atoms with Crippen LogP contribution in [0.1, 0.15) is 57.9 Å². The molecule has 0 aromatic heterocycles. The van der Waals surface area contributed by atoms with Crippen LogP contribution in [-0.4, -0.2) is 12.4 Å². The zero-order valence-corrected chi connectivity index (χ0v) is 17.0. The van der Waals surface area contributed by atoms with Crippen molar-refractivity contribution < 1.29 is 9.53 Å². The topological polar surface area (TPSA) is 62.1 Å². The van der Waals surface area contributed by atoms with E-state index in [0.29, 0.717) is 29.2 Å². The standard InChI is InChI=1S/C22H26N2O2S/c1-4-5-10-26-15-8-6-14(7-9-15)19-16(13-23)21(27)24-17-11-22(2,3)12-18(25)20(17)19/h6-9,19,24,27H,4-5,10-12H2,1-3H3/t19-/m1/s1. The smallest absolute Gasteiger partial charge is 0.162 e. The van der Waals surface area contributed by atoms with Crippen molar-refractivity contribution in [2.45, 2.75) is 52.4 Å². The molecule has 0 amide bonds. The highest BCUT2D eigenvalue weighted by Crippen LogP contribution is 2.46. The summed E-state index contributed by atoms with van der Waals surface area (Å²) in [6.07, 6.45) is 3.36. The predicted octanol–water partition coefficient (Wildman–Crippen LogP) is 4.86. The van der Waals surface area contributed by atoms with Gasteiger partial charge < -0.3 is 10.1 Å². The summed E-state index contributed by atoms with van der Waals surface area (Å²) >= 11 is 4.50. The fourth-order valence-corrected chi connectivity index (χ4v) is 4.13. The maximum atomic E-state index is 13.0. The Bertz CT molecular complexity index is 844. The molecule has 0 saturated heterocycles. The molecule has 2 aliphatic rings. The summed E-state index contributed by atoms with van der Waals surface area (Å²) in [5, 5.41) is 13.5. The van der Waals surface area contributed by atoms with Crippen molar-refractivity contribution in [3.05, 3.63) is 51.7 Å². The van der Waals surface area contributed by atoms with Gasteiger partial charge in [-0.2, -0.15) is 5.26 Å². The van der Waals surface area contributed by atoms with Crippen LogP contribution >= 0.6 is 12.6 Å². The Morgan fingerprint density at radius 2 is 2.00 bits per heavy atom. The van der Waals surface area contributed by atoms with Crippen LogP contribution in [0.5, 0.6) is 5.75 Å². The van der Waals surface area contributed by atoms with Gasteiger partial charge in [0.1, 0.15) is 5.75 Å². The van der Waals surface area contributed by atoms with E-state index in [-0.39, 0.29) is 17.1 Å². The molecule has 1 atom stereocenters. The molecule has 0 fully saturated rings. The number of nitriles is 1. The van der Waals surface area contributed by atoms with E-state index in [1.54, 1.807) is 0 Å². The third-order valence-electron chi connectivity index (χ3n) is 5.12. The van der Waals surface area contributed by atoms with Gasteiger partial charge in [-0.05, 0) is 36.0 Å². The van der Waals surface area contributed by atoms with Gasteiger partial charge in [0.25, 0.3) is 0 Å². The maximum absolute atomic E-state index is 13.0. The van der Waals surface area contributed by atoms with E-state index in [0.717, 1.165) is 36.3 Å². The Kier molecular flexibility index (Phi) is 5.67. The number of rotatable bonds is 5. The number of nitrogens with zero attached hydrogens (tertiary/aromatic N) is 1. The number of thiol groups is 1. The van der Waals surface area contributed by atoms with Crippen LogP contribution in [0.2, 0.25) is 0 Å². The highest BCUT2D eigenvalue weighted by Gasteiger charge is 2.41. The van der Waals surface area contributed by atoms with Crippen molar-refractivity contribution >= 4 is 18.4 Å². The van der Waals surface area contributed by atoms with Crippen LogP contribution in [0, 0.1) is 16.7 Å². The predicted molar refractivity (Wildman–Crippen MR) is 109 cm³/mol. The molecule has 4 nitrogen and oxygen atoms in total. The lowest BCUT2D eigenvalue weighted by atomic mass is 9.69. The first-order valence-corrected chi connectivity index (χ1v) is 9.90. The number of dihydropyridines is 1. The number of carbonyl (C=O) groups excluding carboxylic acids is 1. The number of ether oxygens (including phenoxy) is 1. The summed E-state index contributed by atoms with van der Waals surface area (Å²) in [6.45, 7) is 7.00. The van der Waals surface area contributed by atoms with Gasteiger partial charge in [0.05, 0.1) is 29.2 Å². The minimum Gasteiger partial charge on any atom is -0.494 e. The SMILES string of the molecule is CCCCOc1ccc([C@@H]2C(C#N)=C(S)NC3=C2C(=O)CC(C)(C)C3)cc1. The van der Waals surface area contributed by atoms with Gasteiger partial charge in [-0.25, -0.2) is 0 Å². The second-order valence-corrected chi connectivity index (χ2v) is 8.48. The van der Waals surface area contributed by atoms with E-state index in [9.17, 15) is 10.1 Å². The molecule has 1 aromatic carbocycles. The number of allylic oxidation sites excluding steroid dienone is 3. The van der Waals surface area contributed by atoms with E-state index in [4.69, 9.17) is 4.74 Å². The largest absolute Gasteiger partial charge is 0.494 e. The van der Waals surface area contributed by atoms with Crippen molar-refractivity contribution in [3.8, 4) is 11.8 Å². The molecule has 1 N–H and O–H groups in total. The molecule has 5 heteroatoms. The fraction of sp³-hybridized carbons (Fsp3) is 0.455. The monoisotopic (exact) mass is 382 g/mol. The minimum atomic E-state index is -0.368. The normalized spacial score (nSPS) is 21.4. The molecule has 1 heterocycles. The Morgan fingerprint density at radius 1 is 1.30 bits per heavy atom. The zero-order chi connectivity index (χ0) is 19.6. The molecular weight excluding hydrogens is 356 g/mol. The van der Waals surface area contributed by atoms with Crippen LogP contribution in [0.3, 0.4) is 0 Å². The number of Topliss-reactive ketones (excluding diaryl/α,β-unsaturated/α-hetero) is 1. The average molecular weight is 383 g/mol. The van der Waals surface area contributed by atoms with Gasteiger partial charge in [-0.1, -0.05) is 39.3 Å². The molecule has 27 heavy (non-hydrogen) atoms. The van der Waals surface area contributed by atoms with Crippen molar-refractivity contribution in [2.75, 3.05) is 6.61 Å². The van der Waals surface area contributed by atoms with E-state index in [1.165, 1.54) is 0 Å². The van der Waals surface area contributed by atoms with Crippen molar-refractivity contribution in [1.29, 1.82) is 5.26 Å². The zero-order valence-electron chi connectivity index (χ0n) is 16.1. The van der Waals surface area contributed by atoms with E-state index >= 15 is 0 Å². The molecule has 1 aliphatic heterocycles. The molecule has 0 unspecified atom stereocenters. The number of carbonyl (C=O) groups is 1.